The highest BCUT2D eigenvalue weighted by atomic mass is 35.5. The van der Waals surface area contributed by atoms with Gasteiger partial charge in [-0.25, -0.2) is 17.5 Å². The first kappa shape index (κ1) is 28.6. The number of nitriles is 1. The van der Waals surface area contributed by atoms with Gasteiger partial charge in [-0.15, -0.1) is 5.10 Å². The molecule has 2 atom stereocenters. The Morgan fingerprint density at radius 1 is 1.09 bits per heavy atom. The van der Waals surface area contributed by atoms with Gasteiger partial charge in [0.1, 0.15) is 27.4 Å². The van der Waals surface area contributed by atoms with Crippen LogP contribution >= 0.6 is 11.6 Å². The molecule has 0 bridgehead atoms. The average Bonchev–Trinajstić information content (AvgIpc) is 3.72. The Balaban J connectivity index is 1.44. The Bertz CT molecular complexity index is 1940. The van der Waals surface area contributed by atoms with E-state index >= 15 is 0 Å². The number of nitrogens with one attached hydrogen (secondary N) is 2. The third-order valence-corrected chi connectivity index (χ3v) is 8.52. The van der Waals surface area contributed by atoms with Crippen LogP contribution in [-0.4, -0.2) is 40.4 Å². The Morgan fingerprint density at radius 2 is 1.84 bits per heavy atom. The molecule has 0 aliphatic heterocycles. The number of hydrogen-bond acceptors (Lipinski definition) is 8. The minimum Gasteiger partial charge on any atom is -0.376 e. The molecule has 3 aromatic carbocycles. The summed E-state index contributed by atoms with van der Waals surface area (Å²) in [7, 11) is -3.40. The van der Waals surface area contributed by atoms with Gasteiger partial charge in [0.2, 0.25) is 0 Å². The molecule has 12 heteroatoms. The molecule has 5 aromatic rings. The first-order chi connectivity index (χ1) is 20.7. The minimum atomic E-state index is -3.40. The third kappa shape index (κ3) is 6.45. The largest absolute Gasteiger partial charge is 0.376 e. The van der Waals surface area contributed by atoms with Crippen LogP contribution in [-0.2, 0) is 9.84 Å². The number of rotatable bonds is 10. The summed E-state index contributed by atoms with van der Waals surface area (Å²) in [4.78, 5) is 4.43. The molecule has 1 aliphatic rings. The van der Waals surface area contributed by atoms with Crippen LogP contribution in [0.1, 0.15) is 53.4 Å². The highest BCUT2D eigenvalue weighted by molar-refractivity contribution is 7.90. The second-order valence-corrected chi connectivity index (χ2v) is 13.3. The predicted octanol–water partition coefficient (Wildman–Crippen LogP) is 6.22. The van der Waals surface area contributed by atoms with Crippen molar-refractivity contribution < 1.29 is 12.8 Å². The molecule has 2 heterocycles. The highest BCUT2D eigenvalue weighted by Crippen LogP contribution is 2.38. The minimum absolute atomic E-state index is 0.194. The molecule has 43 heavy (non-hydrogen) atoms. The van der Waals surface area contributed by atoms with Crippen LogP contribution < -0.4 is 10.6 Å². The maximum atomic E-state index is 13.8. The molecule has 9 nitrogen and oxygen atoms in total. The summed E-state index contributed by atoms with van der Waals surface area (Å²) >= 11 is 6.75. The van der Waals surface area contributed by atoms with Crippen LogP contribution in [0.2, 0.25) is 5.02 Å². The number of benzene rings is 3. The van der Waals surface area contributed by atoms with Crippen LogP contribution in [0.25, 0.3) is 10.9 Å². The van der Waals surface area contributed by atoms with Crippen molar-refractivity contribution in [2.45, 2.75) is 31.0 Å². The van der Waals surface area contributed by atoms with E-state index in [0.717, 1.165) is 24.0 Å². The van der Waals surface area contributed by atoms with Gasteiger partial charge in [-0.3, -0.25) is 4.98 Å². The summed E-state index contributed by atoms with van der Waals surface area (Å²) < 4.78 is 40.5. The molecule has 1 aliphatic carbocycles. The molecule has 1 unspecified atom stereocenters. The zero-order chi connectivity index (χ0) is 30.1. The smallest absolute Gasteiger partial charge is 0.149 e. The van der Waals surface area contributed by atoms with Crippen molar-refractivity contribution in [2.24, 2.45) is 0 Å². The van der Waals surface area contributed by atoms with Crippen LogP contribution in [0.4, 0.5) is 15.8 Å². The lowest BCUT2D eigenvalue weighted by Crippen LogP contribution is -2.21. The van der Waals surface area contributed by atoms with Crippen molar-refractivity contribution >= 4 is 43.7 Å². The second-order valence-electron chi connectivity index (χ2n) is 10.7. The summed E-state index contributed by atoms with van der Waals surface area (Å²) in [6.45, 7) is 0. The SMILES string of the molecule is CS(=O)(=O)C[C@@H](Nc1c(C#N)cnc2c(Cl)cc(NC(c3ccc(F)cc3)c3cn(C4CC4)nn3)cc12)c1ccccc1. The van der Waals surface area contributed by atoms with Gasteiger partial charge >= 0.3 is 0 Å². The molecular weight excluding hydrogens is 589 g/mol. The number of fused-ring (bicyclic) bond motifs is 1. The molecule has 6 rings (SSSR count). The quantitative estimate of drug-likeness (QED) is 0.190. The van der Waals surface area contributed by atoms with E-state index in [1.807, 2.05) is 47.3 Å². The van der Waals surface area contributed by atoms with Crippen LogP contribution in [0.5, 0.6) is 0 Å². The van der Waals surface area contributed by atoms with Gasteiger partial charge in [0.05, 0.1) is 51.9 Å². The fourth-order valence-electron chi connectivity index (χ4n) is 5.06. The number of sulfone groups is 1. The van der Waals surface area contributed by atoms with E-state index in [1.165, 1.54) is 24.6 Å². The summed E-state index contributed by atoms with van der Waals surface area (Å²) in [6, 6.07) is 20.2. The topological polar surface area (TPSA) is 126 Å². The highest BCUT2D eigenvalue weighted by Gasteiger charge is 2.27. The third-order valence-electron chi connectivity index (χ3n) is 7.29. The zero-order valence-corrected chi connectivity index (χ0v) is 24.6. The van der Waals surface area contributed by atoms with Crippen LogP contribution in [0.15, 0.2) is 79.1 Å². The van der Waals surface area contributed by atoms with E-state index in [-0.39, 0.29) is 17.1 Å². The molecule has 1 saturated carbocycles. The van der Waals surface area contributed by atoms with Gasteiger partial charge in [0.25, 0.3) is 0 Å². The number of pyridine rings is 1. The molecule has 0 saturated heterocycles. The number of hydrogen-bond donors (Lipinski definition) is 2. The van der Waals surface area contributed by atoms with Gasteiger partial charge in [0.15, 0.2) is 0 Å². The Morgan fingerprint density at radius 3 is 2.51 bits per heavy atom. The van der Waals surface area contributed by atoms with E-state index < -0.39 is 21.9 Å². The normalized spacial score (nSPS) is 14.7. The fraction of sp³-hybridized carbons (Fsp3) is 0.226. The van der Waals surface area contributed by atoms with Crippen molar-refractivity contribution in [1.29, 1.82) is 5.26 Å². The lowest BCUT2D eigenvalue weighted by Gasteiger charge is -2.23. The Kier molecular flexibility index (Phi) is 7.73. The van der Waals surface area contributed by atoms with E-state index in [9.17, 15) is 18.1 Å². The van der Waals surface area contributed by atoms with Gasteiger partial charge in [0, 0.05) is 23.5 Å². The number of anilines is 2. The van der Waals surface area contributed by atoms with E-state index in [4.69, 9.17) is 11.6 Å². The predicted molar refractivity (Wildman–Crippen MR) is 164 cm³/mol. The molecule has 0 radical (unpaired) electrons. The molecule has 2 N–H and O–H groups in total. The monoisotopic (exact) mass is 615 g/mol. The molecule has 2 aromatic heterocycles. The van der Waals surface area contributed by atoms with E-state index in [1.54, 1.807) is 18.2 Å². The molecule has 0 amide bonds. The maximum absolute atomic E-state index is 13.8. The van der Waals surface area contributed by atoms with Crippen LogP contribution in [0, 0.1) is 17.1 Å². The van der Waals surface area contributed by atoms with Crippen molar-refractivity contribution in [2.75, 3.05) is 22.6 Å². The second kappa shape index (κ2) is 11.6. The maximum Gasteiger partial charge on any atom is 0.149 e. The lowest BCUT2D eigenvalue weighted by atomic mass is 10.0. The van der Waals surface area contributed by atoms with E-state index in [0.29, 0.717) is 39.0 Å². The van der Waals surface area contributed by atoms with Crippen LogP contribution in [0.3, 0.4) is 0 Å². The molecular formula is C31H27ClFN7O2S. The summed E-state index contributed by atoms with van der Waals surface area (Å²) in [5.41, 5.74) is 3.84. The van der Waals surface area contributed by atoms with Gasteiger partial charge in [-0.1, -0.05) is 59.3 Å². The number of halogens is 2. The van der Waals surface area contributed by atoms with Gasteiger partial charge in [-0.05, 0) is 48.2 Å². The summed E-state index contributed by atoms with van der Waals surface area (Å²) in [6.07, 6.45) is 6.58. The Hall–Kier alpha value is -4.53. The first-order valence-corrected chi connectivity index (χ1v) is 16.1. The van der Waals surface area contributed by atoms with Crippen molar-refractivity contribution in [3.8, 4) is 6.07 Å². The lowest BCUT2D eigenvalue weighted by molar-refractivity contribution is 0.597. The molecule has 218 valence electrons. The number of nitrogens with zero attached hydrogens (tertiary/aromatic N) is 5. The number of aromatic nitrogens is 4. The zero-order valence-electron chi connectivity index (χ0n) is 23.1. The fourth-order valence-corrected chi connectivity index (χ4v) is 6.21. The van der Waals surface area contributed by atoms with Crippen molar-refractivity contribution in [1.82, 2.24) is 20.0 Å². The first-order valence-electron chi connectivity index (χ1n) is 13.6. The summed E-state index contributed by atoms with van der Waals surface area (Å²) in [5.74, 6) is -0.550. The van der Waals surface area contributed by atoms with Crippen molar-refractivity contribution in [3.63, 3.8) is 0 Å². The molecule has 0 spiro atoms. The van der Waals surface area contributed by atoms with Gasteiger partial charge < -0.3 is 10.6 Å². The van der Waals surface area contributed by atoms with E-state index in [2.05, 4.69) is 32.0 Å². The molecule has 1 fully saturated rings. The van der Waals surface area contributed by atoms with Gasteiger partial charge in [-0.2, -0.15) is 5.26 Å². The summed E-state index contributed by atoms with van der Waals surface area (Å²) in [5, 5.41) is 26.4. The average molecular weight is 616 g/mol. The standard InChI is InChI=1S/C31H27ClFN7O2S/c1-43(41,42)18-28(19-5-3-2-4-6-19)37-29-21(15-34)16-35-31-25(29)13-23(14-26(31)32)36-30(20-7-9-22(33)10-8-20)27-17-40(39-38-27)24-11-12-24/h2-10,13-14,16-17,24,28,30,36H,11-12,18H2,1H3,(H,35,37)/t28-,30?/m1/s1. The Labute approximate surface area is 253 Å². The van der Waals surface area contributed by atoms with Crippen molar-refractivity contribution in [3.05, 3.63) is 112 Å².